The molecule has 0 aliphatic rings. The van der Waals surface area contributed by atoms with Gasteiger partial charge in [-0.15, -0.1) is 0 Å². The predicted molar refractivity (Wildman–Crippen MR) is 81.3 cm³/mol. The van der Waals surface area contributed by atoms with Crippen molar-refractivity contribution in [2.45, 2.75) is 59.4 Å². The third-order valence-corrected chi connectivity index (χ3v) is 3.48. The van der Waals surface area contributed by atoms with Crippen molar-refractivity contribution in [3.05, 3.63) is 35.4 Å². The number of hydrogen-bond donors (Lipinski definition) is 1. The van der Waals surface area contributed by atoms with Crippen LogP contribution < -0.4 is 5.73 Å². The molecule has 0 amide bonds. The summed E-state index contributed by atoms with van der Waals surface area (Å²) in [6.45, 7) is 12.5. The summed E-state index contributed by atoms with van der Waals surface area (Å²) in [6, 6.07) is 7.87. The second-order valence-corrected chi connectivity index (χ2v) is 7.43. The van der Waals surface area contributed by atoms with Crippen LogP contribution in [0.1, 0.15) is 52.7 Å². The van der Waals surface area contributed by atoms with E-state index in [1.54, 1.807) is 0 Å². The molecule has 106 valence electrons. The molecular formula is C17H27NO. The molecule has 0 aliphatic heterocycles. The number of carbonyl (C=O) groups is 1. The fraction of sp³-hybridized carbons (Fsp3) is 0.588. The summed E-state index contributed by atoms with van der Waals surface area (Å²) >= 11 is 0. The quantitative estimate of drug-likeness (QED) is 0.905. The third kappa shape index (κ3) is 4.46. The lowest BCUT2D eigenvalue weighted by atomic mass is 9.82. The van der Waals surface area contributed by atoms with Crippen LogP contribution in [0, 0.1) is 5.41 Å². The van der Waals surface area contributed by atoms with E-state index in [1.807, 2.05) is 32.9 Å². The molecule has 19 heavy (non-hydrogen) atoms. The van der Waals surface area contributed by atoms with Gasteiger partial charge in [-0.25, -0.2) is 0 Å². The van der Waals surface area contributed by atoms with Gasteiger partial charge in [0.1, 0.15) is 0 Å². The van der Waals surface area contributed by atoms with Crippen LogP contribution in [0.4, 0.5) is 0 Å². The molecule has 0 bridgehead atoms. The molecule has 1 rings (SSSR count). The van der Waals surface area contributed by atoms with Crippen LogP contribution in [0.5, 0.6) is 0 Å². The first-order chi connectivity index (χ1) is 8.51. The fourth-order valence-electron chi connectivity index (χ4n) is 1.92. The lowest BCUT2D eigenvalue weighted by Crippen LogP contribution is -2.43. The monoisotopic (exact) mass is 261 g/mol. The number of Topliss-reactive ketones (excluding diaryl/α,β-unsaturated/α-hetero) is 1. The topological polar surface area (TPSA) is 43.1 Å². The van der Waals surface area contributed by atoms with Gasteiger partial charge in [-0.3, -0.25) is 4.79 Å². The van der Waals surface area contributed by atoms with E-state index in [1.165, 1.54) is 5.56 Å². The average molecular weight is 261 g/mol. The largest absolute Gasteiger partial charge is 0.321 e. The molecule has 2 heteroatoms. The van der Waals surface area contributed by atoms with Crippen molar-refractivity contribution in [3.8, 4) is 0 Å². The van der Waals surface area contributed by atoms with Crippen molar-refractivity contribution < 1.29 is 4.79 Å². The zero-order valence-electron chi connectivity index (χ0n) is 13.1. The third-order valence-electron chi connectivity index (χ3n) is 3.48. The number of rotatable bonds is 3. The van der Waals surface area contributed by atoms with Crippen LogP contribution in [0.3, 0.4) is 0 Å². The second-order valence-electron chi connectivity index (χ2n) is 7.43. The zero-order chi connectivity index (χ0) is 14.8. The Hall–Kier alpha value is -1.15. The van der Waals surface area contributed by atoms with Crippen LogP contribution in [0.25, 0.3) is 0 Å². The van der Waals surface area contributed by atoms with Gasteiger partial charge in [-0.1, -0.05) is 65.8 Å². The highest BCUT2D eigenvalue weighted by Gasteiger charge is 2.27. The van der Waals surface area contributed by atoms with E-state index < -0.39 is 6.04 Å². The highest BCUT2D eigenvalue weighted by atomic mass is 16.1. The molecule has 0 aromatic heterocycles. The second kappa shape index (κ2) is 5.46. The standard InChI is InChI=1S/C17H27NO/c1-16(2,3)13-9-7-12(8-10-13)11-14(19)15(18)17(4,5)6/h7-10,15H,11,18H2,1-6H3. The summed E-state index contributed by atoms with van der Waals surface area (Å²) in [4.78, 5) is 12.1. The van der Waals surface area contributed by atoms with Gasteiger partial charge in [0.2, 0.25) is 0 Å². The lowest BCUT2D eigenvalue weighted by Gasteiger charge is -2.25. The molecule has 1 aromatic carbocycles. The summed E-state index contributed by atoms with van der Waals surface area (Å²) in [5, 5.41) is 0. The van der Waals surface area contributed by atoms with Crippen molar-refractivity contribution in [2.75, 3.05) is 0 Å². The highest BCUT2D eigenvalue weighted by molar-refractivity contribution is 5.86. The Kier molecular flexibility index (Phi) is 4.57. The molecule has 1 unspecified atom stereocenters. The molecule has 0 saturated carbocycles. The Labute approximate surface area is 117 Å². The maximum absolute atomic E-state index is 12.1. The first-order valence-corrected chi connectivity index (χ1v) is 6.89. The molecule has 0 aliphatic carbocycles. The number of carbonyl (C=O) groups excluding carboxylic acids is 1. The van der Waals surface area contributed by atoms with Gasteiger partial charge in [0.25, 0.3) is 0 Å². The minimum atomic E-state index is -0.408. The molecule has 1 aromatic rings. The number of nitrogens with two attached hydrogens (primary N) is 1. The lowest BCUT2D eigenvalue weighted by molar-refractivity contribution is -0.121. The van der Waals surface area contributed by atoms with E-state index in [9.17, 15) is 4.79 Å². The maximum atomic E-state index is 12.1. The van der Waals surface area contributed by atoms with Gasteiger partial charge in [0.05, 0.1) is 6.04 Å². The maximum Gasteiger partial charge on any atom is 0.154 e. The van der Waals surface area contributed by atoms with Crippen LogP contribution in [-0.4, -0.2) is 11.8 Å². The Bertz CT molecular complexity index is 432. The predicted octanol–water partition coefficient (Wildman–Crippen LogP) is 3.47. The summed E-state index contributed by atoms with van der Waals surface area (Å²) in [5.41, 5.74) is 8.28. The molecule has 0 spiro atoms. The Morgan fingerprint density at radius 1 is 1.05 bits per heavy atom. The van der Waals surface area contributed by atoms with Gasteiger partial charge in [-0.05, 0) is 22.0 Å². The summed E-state index contributed by atoms with van der Waals surface area (Å²) in [5.74, 6) is 0.107. The zero-order valence-corrected chi connectivity index (χ0v) is 13.1. The molecular weight excluding hydrogens is 234 g/mol. The van der Waals surface area contributed by atoms with Crippen molar-refractivity contribution >= 4 is 5.78 Å². The summed E-state index contributed by atoms with van der Waals surface area (Å²) in [7, 11) is 0. The fourth-order valence-corrected chi connectivity index (χ4v) is 1.92. The SMILES string of the molecule is CC(C)(C)c1ccc(CC(=O)C(N)C(C)(C)C)cc1. The van der Waals surface area contributed by atoms with Crippen molar-refractivity contribution in [2.24, 2.45) is 11.1 Å². The average Bonchev–Trinajstić information content (AvgIpc) is 2.26. The minimum Gasteiger partial charge on any atom is -0.321 e. The molecule has 1 atom stereocenters. The Morgan fingerprint density at radius 3 is 1.89 bits per heavy atom. The Morgan fingerprint density at radius 2 is 1.53 bits per heavy atom. The van der Waals surface area contributed by atoms with E-state index in [2.05, 4.69) is 32.9 Å². The normalized spacial score (nSPS) is 14.3. The summed E-state index contributed by atoms with van der Waals surface area (Å²) in [6.07, 6.45) is 0.420. The van der Waals surface area contributed by atoms with Gasteiger partial charge >= 0.3 is 0 Å². The van der Waals surface area contributed by atoms with E-state index >= 15 is 0 Å². The van der Waals surface area contributed by atoms with Crippen LogP contribution in [-0.2, 0) is 16.6 Å². The van der Waals surface area contributed by atoms with E-state index in [4.69, 9.17) is 5.73 Å². The molecule has 2 nitrogen and oxygen atoms in total. The van der Waals surface area contributed by atoms with Gasteiger partial charge < -0.3 is 5.73 Å². The number of ketones is 1. The molecule has 0 radical (unpaired) electrons. The van der Waals surface area contributed by atoms with Crippen molar-refractivity contribution in [1.82, 2.24) is 0 Å². The van der Waals surface area contributed by atoms with Crippen LogP contribution in [0.15, 0.2) is 24.3 Å². The highest BCUT2D eigenvalue weighted by Crippen LogP contribution is 2.23. The van der Waals surface area contributed by atoms with Gasteiger partial charge in [-0.2, -0.15) is 0 Å². The van der Waals surface area contributed by atoms with Gasteiger partial charge in [0.15, 0.2) is 5.78 Å². The van der Waals surface area contributed by atoms with Crippen LogP contribution in [0.2, 0.25) is 0 Å². The number of benzene rings is 1. The van der Waals surface area contributed by atoms with E-state index in [0.29, 0.717) is 6.42 Å². The molecule has 0 saturated heterocycles. The first-order valence-electron chi connectivity index (χ1n) is 6.89. The molecule has 0 heterocycles. The van der Waals surface area contributed by atoms with Gasteiger partial charge in [0, 0.05) is 6.42 Å². The molecule has 2 N–H and O–H groups in total. The minimum absolute atomic E-state index is 0.107. The van der Waals surface area contributed by atoms with Crippen LogP contribution >= 0.6 is 0 Å². The van der Waals surface area contributed by atoms with Crippen molar-refractivity contribution in [3.63, 3.8) is 0 Å². The van der Waals surface area contributed by atoms with E-state index in [0.717, 1.165) is 5.56 Å². The van der Waals surface area contributed by atoms with E-state index in [-0.39, 0.29) is 16.6 Å². The van der Waals surface area contributed by atoms with Crippen molar-refractivity contribution in [1.29, 1.82) is 0 Å². The summed E-state index contributed by atoms with van der Waals surface area (Å²) < 4.78 is 0. The molecule has 0 fully saturated rings. The first kappa shape index (κ1) is 15.9. The Balaban J connectivity index is 2.77. The smallest absolute Gasteiger partial charge is 0.154 e. The number of hydrogen-bond acceptors (Lipinski definition) is 2.